The first-order chi connectivity index (χ1) is 12.9. The van der Waals surface area contributed by atoms with Gasteiger partial charge in [0, 0.05) is 16.0 Å². The lowest BCUT2D eigenvalue weighted by Gasteiger charge is -2.04. The van der Waals surface area contributed by atoms with Crippen molar-refractivity contribution in [3.05, 3.63) is 61.4 Å². The van der Waals surface area contributed by atoms with Crippen LogP contribution in [0.15, 0.2) is 39.6 Å². The fourth-order valence-electron chi connectivity index (χ4n) is 2.71. The Balaban J connectivity index is 1.85. The molecule has 0 bridgehead atoms. The predicted molar refractivity (Wildman–Crippen MR) is 103 cm³/mol. The summed E-state index contributed by atoms with van der Waals surface area (Å²) in [4.78, 5) is 29.9. The summed E-state index contributed by atoms with van der Waals surface area (Å²) in [6.45, 7) is 0. The third-order valence-corrected chi connectivity index (χ3v) is 5.69. The van der Waals surface area contributed by atoms with Crippen LogP contribution in [0.4, 0.5) is 5.69 Å². The second-order valence-electron chi connectivity index (χ2n) is 5.74. The quantitative estimate of drug-likeness (QED) is 0.390. The summed E-state index contributed by atoms with van der Waals surface area (Å²) in [6, 6.07) is 8.65. The minimum atomic E-state index is -0.763. The number of nitrogens with zero attached hydrogens (tertiary/aromatic N) is 2. The highest BCUT2D eigenvalue weighted by atomic mass is 35.5. The van der Waals surface area contributed by atoms with Gasteiger partial charge in [-0.1, -0.05) is 27.9 Å². The molecule has 27 heavy (non-hydrogen) atoms. The van der Waals surface area contributed by atoms with Crippen LogP contribution in [0.5, 0.6) is 0 Å². The van der Waals surface area contributed by atoms with E-state index in [1.54, 1.807) is 30.3 Å². The van der Waals surface area contributed by atoms with Gasteiger partial charge in [-0.05, 0) is 35.6 Å². The average molecular weight is 422 g/mol. The van der Waals surface area contributed by atoms with Gasteiger partial charge in [0.05, 0.1) is 16.4 Å². The molecular weight excluding hydrogens is 411 g/mol. The molecule has 0 aliphatic heterocycles. The van der Waals surface area contributed by atoms with Crippen LogP contribution in [0, 0.1) is 0 Å². The maximum absolute atomic E-state index is 12.8. The van der Waals surface area contributed by atoms with Crippen LogP contribution >= 0.6 is 34.5 Å². The number of nitrogens with one attached hydrogen (secondary N) is 1. The maximum Gasteiger partial charge on any atom is 0.438 e. The topological polar surface area (TPSA) is 106 Å². The molecule has 0 fully saturated rings. The van der Waals surface area contributed by atoms with Crippen LogP contribution in [0.1, 0.15) is 15.4 Å². The highest BCUT2D eigenvalue weighted by Gasteiger charge is 2.31. The van der Waals surface area contributed by atoms with Crippen molar-refractivity contribution in [2.45, 2.75) is 0 Å². The maximum atomic E-state index is 12.8. The van der Waals surface area contributed by atoms with Crippen LogP contribution in [-0.4, -0.2) is 16.0 Å². The van der Waals surface area contributed by atoms with Crippen LogP contribution in [0.3, 0.4) is 0 Å². The van der Waals surface area contributed by atoms with E-state index in [1.165, 1.54) is 11.7 Å². The Morgan fingerprint density at radius 3 is 2.74 bits per heavy atom. The molecule has 0 saturated carbocycles. The molecule has 1 aromatic carbocycles. The second kappa shape index (κ2) is 6.49. The van der Waals surface area contributed by atoms with Gasteiger partial charge in [0.25, 0.3) is 5.78 Å². The number of fused-ring (bicyclic) bond motifs is 1. The van der Waals surface area contributed by atoms with Crippen molar-refractivity contribution < 1.29 is 14.0 Å². The van der Waals surface area contributed by atoms with Gasteiger partial charge in [0.15, 0.2) is 7.05 Å². The van der Waals surface area contributed by atoms with Crippen LogP contribution < -0.4 is 16.0 Å². The van der Waals surface area contributed by atoms with Crippen molar-refractivity contribution in [1.29, 1.82) is 0 Å². The molecular formula is C17H11Cl2N4O3S+. The van der Waals surface area contributed by atoms with Crippen LogP contribution in [-0.2, 0) is 7.05 Å². The van der Waals surface area contributed by atoms with Crippen LogP contribution in [0.2, 0.25) is 10.0 Å². The number of aryl methyl sites for hydroxylation is 1. The van der Waals surface area contributed by atoms with Crippen molar-refractivity contribution in [2.24, 2.45) is 7.05 Å². The van der Waals surface area contributed by atoms with E-state index >= 15 is 0 Å². The lowest BCUT2D eigenvalue weighted by molar-refractivity contribution is -0.741. The van der Waals surface area contributed by atoms with Crippen molar-refractivity contribution in [2.75, 3.05) is 5.73 Å². The van der Waals surface area contributed by atoms with Gasteiger partial charge in [0.2, 0.25) is 0 Å². The Morgan fingerprint density at radius 2 is 2.07 bits per heavy atom. The molecule has 0 radical (unpaired) electrons. The molecule has 0 amide bonds. The summed E-state index contributed by atoms with van der Waals surface area (Å²) in [7, 11) is 1.50. The Morgan fingerprint density at radius 1 is 1.30 bits per heavy atom. The van der Waals surface area contributed by atoms with Gasteiger partial charge in [-0.2, -0.15) is 0 Å². The Kier molecular flexibility index (Phi) is 4.26. The van der Waals surface area contributed by atoms with E-state index < -0.39 is 11.4 Å². The number of aromatic amines is 1. The predicted octanol–water partition coefficient (Wildman–Crippen LogP) is 3.19. The van der Waals surface area contributed by atoms with E-state index in [0.717, 1.165) is 11.3 Å². The van der Waals surface area contributed by atoms with Gasteiger partial charge >= 0.3 is 11.3 Å². The first-order valence-corrected chi connectivity index (χ1v) is 9.20. The van der Waals surface area contributed by atoms with E-state index in [0.29, 0.717) is 31.5 Å². The zero-order chi connectivity index (χ0) is 19.3. The van der Waals surface area contributed by atoms with E-state index in [-0.39, 0.29) is 16.3 Å². The number of halogens is 2. The molecule has 3 N–H and O–H groups in total. The average Bonchev–Trinajstić information content (AvgIpc) is 3.13. The van der Waals surface area contributed by atoms with E-state index in [4.69, 9.17) is 28.9 Å². The standard InChI is InChI=1S/C17H10Cl2N4O3S/c1-23-13(17(25)26-22-23)14(24)15-12(20)9-4-5-11(21-16(9)27-15)8-3-2-7(18)6-10(8)19/h2-6H,1H3,(H2-,20,22,24,25)/p+1. The molecule has 0 aliphatic rings. The molecule has 3 aromatic heterocycles. The number of rotatable bonds is 3. The van der Waals surface area contributed by atoms with Crippen molar-refractivity contribution in [1.82, 2.24) is 10.3 Å². The highest BCUT2D eigenvalue weighted by molar-refractivity contribution is 7.21. The SMILES string of the molecule is C[n+]1[nH]oc(=O)c1C(=O)c1sc2nc(-c3ccc(Cl)cc3Cl)ccc2c1N. The highest BCUT2D eigenvalue weighted by Crippen LogP contribution is 2.36. The van der Waals surface area contributed by atoms with Crippen molar-refractivity contribution in [3.8, 4) is 11.3 Å². The number of nitrogen functional groups attached to an aromatic ring is 1. The third kappa shape index (κ3) is 2.91. The molecule has 10 heteroatoms. The molecule has 4 aromatic rings. The summed E-state index contributed by atoms with van der Waals surface area (Å²) in [5, 5.41) is 3.93. The van der Waals surface area contributed by atoms with Gasteiger partial charge in [0.1, 0.15) is 9.71 Å². The number of pyridine rings is 1. The number of H-pyrrole nitrogens is 1. The van der Waals surface area contributed by atoms with Gasteiger partial charge in [-0.15, -0.1) is 11.3 Å². The fourth-order valence-corrected chi connectivity index (χ4v) is 4.25. The molecule has 0 spiro atoms. The first-order valence-electron chi connectivity index (χ1n) is 7.63. The Hall–Kier alpha value is -2.68. The Bertz CT molecular complexity index is 1280. The fraction of sp³-hybridized carbons (Fsp3) is 0.0588. The number of benzene rings is 1. The molecule has 3 heterocycles. The minimum absolute atomic E-state index is 0.144. The zero-order valence-electron chi connectivity index (χ0n) is 13.7. The molecule has 0 unspecified atom stereocenters. The first kappa shape index (κ1) is 17.7. The number of hydrogen-bond acceptors (Lipinski definition) is 6. The minimum Gasteiger partial charge on any atom is -0.397 e. The van der Waals surface area contributed by atoms with Crippen molar-refractivity contribution in [3.63, 3.8) is 0 Å². The summed E-state index contributed by atoms with van der Waals surface area (Å²) < 4.78 is 5.85. The lowest BCUT2D eigenvalue weighted by atomic mass is 10.1. The summed E-state index contributed by atoms with van der Waals surface area (Å²) in [6.07, 6.45) is 0. The molecule has 0 saturated heterocycles. The second-order valence-corrected chi connectivity index (χ2v) is 7.58. The van der Waals surface area contributed by atoms with E-state index in [2.05, 4.69) is 14.8 Å². The third-order valence-electron chi connectivity index (χ3n) is 4.03. The zero-order valence-corrected chi connectivity index (χ0v) is 16.1. The molecule has 0 atom stereocenters. The van der Waals surface area contributed by atoms with Crippen molar-refractivity contribution >= 4 is 56.2 Å². The van der Waals surface area contributed by atoms with Gasteiger partial charge in [-0.25, -0.2) is 9.78 Å². The summed E-state index contributed by atoms with van der Waals surface area (Å²) in [5.74, 6) is -0.529. The largest absolute Gasteiger partial charge is 0.438 e. The molecule has 136 valence electrons. The number of nitrogens with two attached hydrogens (primary N) is 1. The van der Waals surface area contributed by atoms with Gasteiger partial charge < -0.3 is 5.73 Å². The number of carbonyl (C=O) groups is 1. The number of anilines is 1. The van der Waals surface area contributed by atoms with E-state index in [9.17, 15) is 9.59 Å². The summed E-state index contributed by atoms with van der Waals surface area (Å²) >= 11 is 13.3. The summed E-state index contributed by atoms with van der Waals surface area (Å²) in [5.41, 5.74) is 6.83. The molecule has 4 rings (SSSR count). The van der Waals surface area contributed by atoms with E-state index in [1.807, 2.05) is 0 Å². The number of hydrogen-bond donors (Lipinski definition) is 2. The monoisotopic (exact) mass is 421 g/mol. The number of thiophene rings is 1. The Labute approximate surface area is 165 Å². The number of carbonyl (C=O) groups excluding carboxylic acids is 1. The van der Waals surface area contributed by atoms with Gasteiger partial charge in [-0.3, -0.25) is 9.32 Å². The molecule has 7 nitrogen and oxygen atoms in total. The molecule has 0 aliphatic carbocycles. The smallest absolute Gasteiger partial charge is 0.397 e. The number of aromatic nitrogens is 3. The van der Waals surface area contributed by atoms with Crippen LogP contribution in [0.25, 0.3) is 21.5 Å². The lowest BCUT2D eigenvalue weighted by Crippen LogP contribution is -2.39. The normalized spacial score (nSPS) is 11.2. The number of ketones is 1.